The fourth-order valence-corrected chi connectivity index (χ4v) is 2.03. The Kier molecular flexibility index (Phi) is 5.95. The van der Waals surface area contributed by atoms with Gasteiger partial charge in [-0.2, -0.15) is 0 Å². The van der Waals surface area contributed by atoms with Gasteiger partial charge in [-0.05, 0) is 19.8 Å². The van der Waals surface area contributed by atoms with Crippen molar-refractivity contribution in [2.45, 2.75) is 57.5 Å². The Morgan fingerprint density at radius 2 is 2.12 bits per heavy atom. The zero-order valence-electron chi connectivity index (χ0n) is 10.1. The second-order valence-corrected chi connectivity index (χ2v) is 4.47. The quantitative estimate of drug-likeness (QED) is 0.546. The van der Waals surface area contributed by atoms with Crippen molar-refractivity contribution in [1.82, 2.24) is 10.6 Å². The third kappa shape index (κ3) is 4.67. The van der Waals surface area contributed by atoms with Gasteiger partial charge in [0.1, 0.15) is 0 Å². The summed E-state index contributed by atoms with van der Waals surface area (Å²) in [5.74, 6) is 2.65. The van der Waals surface area contributed by atoms with Gasteiger partial charge in [0, 0.05) is 19.0 Å². The summed E-state index contributed by atoms with van der Waals surface area (Å²) in [4.78, 5) is 11.8. The van der Waals surface area contributed by atoms with Crippen molar-refractivity contribution in [3.8, 4) is 12.3 Å². The van der Waals surface area contributed by atoms with Crippen LogP contribution in [0.4, 0.5) is 0 Å². The average molecular weight is 222 g/mol. The SMILES string of the molecule is C#CCCNC(C)C(=O)NC1CCCCC1. The Morgan fingerprint density at radius 1 is 1.44 bits per heavy atom. The number of carbonyl (C=O) groups is 1. The molecule has 3 heteroatoms. The molecule has 1 aliphatic rings. The molecule has 1 atom stereocenters. The molecule has 1 unspecified atom stereocenters. The fraction of sp³-hybridized carbons (Fsp3) is 0.769. The number of rotatable bonds is 5. The van der Waals surface area contributed by atoms with Gasteiger partial charge in [-0.1, -0.05) is 19.3 Å². The van der Waals surface area contributed by atoms with Crippen molar-refractivity contribution < 1.29 is 4.79 Å². The van der Waals surface area contributed by atoms with Crippen LogP contribution >= 0.6 is 0 Å². The minimum absolute atomic E-state index is 0.101. The van der Waals surface area contributed by atoms with E-state index in [9.17, 15) is 4.79 Å². The molecule has 0 radical (unpaired) electrons. The Hall–Kier alpha value is -1.01. The lowest BCUT2D eigenvalue weighted by molar-refractivity contribution is -0.123. The lowest BCUT2D eigenvalue weighted by Gasteiger charge is -2.24. The Morgan fingerprint density at radius 3 is 2.75 bits per heavy atom. The molecule has 1 aliphatic carbocycles. The molecule has 1 rings (SSSR count). The Labute approximate surface area is 98.4 Å². The van der Waals surface area contributed by atoms with Crippen molar-refractivity contribution in [1.29, 1.82) is 0 Å². The van der Waals surface area contributed by atoms with E-state index in [0.717, 1.165) is 12.8 Å². The first-order valence-electron chi connectivity index (χ1n) is 6.21. The standard InChI is InChI=1S/C13H22N2O/c1-3-4-10-14-11(2)13(16)15-12-8-6-5-7-9-12/h1,11-12,14H,4-10H2,2H3,(H,15,16). The highest BCUT2D eigenvalue weighted by Gasteiger charge is 2.18. The second kappa shape index (κ2) is 7.29. The number of amides is 1. The predicted octanol–water partition coefficient (Wildman–Crippen LogP) is 1.44. The molecule has 90 valence electrons. The molecule has 1 saturated carbocycles. The largest absolute Gasteiger partial charge is 0.352 e. The van der Waals surface area contributed by atoms with E-state index in [1.54, 1.807) is 0 Å². The van der Waals surface area contributed by atoms with E-state index in [2.05, 4.69) is 16.6 Å². The van der Waals surface area contributed by atoms with Gasteiger partial charge in [0.05, 0.1) is 6.04 Å². The maximum absolute atomic E-state index is 11.8. The van der Waals surface area contributed by atoms with Crippen LogP contribution in [0.15, 0.2) is 0 Å². The highest BCUT2D eigenvalue weighted by Crippen LogP contribution is 2.17. The van der Waals surface area contributed by atoms with Crippen molar-refractivity contribution in [2.24, 2.45) is 0 Å². The van der Waals surface area contributed by atoms with Crippen LogP contribution in [0.1, 0.15) is 45.4 Å². The Balaban J connectivity index is 2.19. The summed E-state index contributed by atoms with van der Waals surface area (Å²) in [5.41, 5.74) is 0. The van der Waals surface area contributed by atoms with E-state index < -0.39 is 0 Å². The minimum atomic E-state index is -0.143. The Bertz CT molecular complexity index is 251. The maximum atomic E-state index is 11.8. The van der Waals surface area contributed by atoms with Crippen molar-refractivity contribution in [2.75, 3.05) is 6.54 Å². The van der Waals surface area contributed by atoms with Gasteiger partial charge < -0.3 is 10.6 Å². The molecule has 1 fully saturated rings. The van der Waals surface area contributed by atoms with Gasteiger partial charge in [0.2, 0.25) is 5.91 Å². The van der Waals surface area contributed by atoms with Crippen molar-refractivity contribution in [3.05, 3.63) is 0 Å². The van der Waals surface area contributed by atoms with E-state index in [1.807, 2.05) is 6.92 Å². The first-order chi connectivity index (χ1) is 7.74. The minimum Gasteiger partial charge on any atom is -0.352 e. The van der Waals surface area contributed by atoms with E-state index >= 15 is 0 Å². The summed E-state index contributed by atoms with van der Waals surface area (Å²) in [5, 5.41) is 6.21. The molecule has 0 saturated heterocycles. The smallest absolute Gasteiger partial charge is 0.237 e. The molecule has 0 heterocycles. The zero-order valence-corrected chi connectivity index (χ0v) is 10.1. The summed E-state index contributed by atoms with van der Waals surface area (Å²) in [6.07, 6.45) is 11.9. The normalized spacial score (nSPS) is 18.8. The summed E-state index contributed by atoms with van der Waals surface area (Å²) < 4.78 is 0. The number of terminal acetylenes is 1. The van der Waals surface area contributed by atoms with E-state index in [4.69, 9.17) is 6.42 Å². The molecule has 0 bridgehead atoms. The van der Waals surface area contributed by atoms with Crippen LogP contribution in [0, 0.1) is 12.3 Å². The predicted molar refractivity (Wildman–Crippen MR) is 65.9 cm³/mol. The number of hydrogen-bond acceptors (Lipinski definition) is 2. The summed E-state index contributed by atoms with van der Waals surface area (Å²) in [7, 11) is 0. The van der Waals surface area contributed by atoms with Gasteiger partial charge >= 0.3 is 0 Å². The van der Waals surface area contributed by atoms with Crippen molar-refractivity contribution in [3.63, 3.8) is 0 Å². The molecule has 16 heavy (non-hydrogen) atoms. The first-order valence-corrected chi connectivity index (χ1v) is 6.21. The highest BCUT2D eigenvalue weighted by molar-refractivity contribution is 5.81. The average Bonchev–Trinajstić information content (AvgIpc) is 2.30. The fourth-order valence-electron chi connectivity index (χ4n) is 2.03. The molecular formula is C13H22N2O. The van der Waals surface area contributed by atoms with Crippen molar-refractivity contribution >= 4 is 5.91 Å². The summed E-state index contributed by atoms with van der Waals surface area (Å²) >= 11 is 0. The lowest BCUT2D eigenvalue weighted by atomic mass is 9.95. The molecule has 1 amide bonds. The molecule has 0 aromatic heterocycles. The third-order valence-corrected chi connectivity index (χ3v) is 3.06. The van der Waals surface area contributed by atoms with Crippen LogP contribution in [-0.2, 0) is 4.79 Å². The van der Waals surface area contributed by atoms with Crippen LogP contribution < -0.4 is 10.6 Å². The van der Waals surface area contributed by atoms with Gasteiger partial charge in [0.15, 0.2) is 0 Å². The molecule has 2 N–H and O–H groups in total. The first kappa shape index (κ1) is 13.1. The van der Waals surface area contributed by atoms with Crippen LogP contribution in [0.5, 0.6) is 0 Å². The molecular weight excluding hydrogens is 200 g/mol. The number of nitrogens with one attached hydrogen (secondary N) is 2. The summed E-state index contributed by atoms with van der Waals surface area (Å²) in [6.45, 7) is 2.59. The highest BCUT2D eigenvalue weighted by atomic mass is 16.2. The van der Waals surface area contributed by atoms with Gasteiger partial charge in [0.25, 0.3) is 0 Å². The molecule has 3 nitrogen and oxygen atoms in total. The van der Waals surface area contributed by atoms with E-state index in [1.165, 1.54) is 19.3 Å². The maximum Gasteiger partial charge on any atom is 0.237 e. The number of hydrogen-bond donors (Lipinski definition) is 2. The lowest BCUT2D eigenvalue weighted by Crippen LogP contribution is -2.47. The van der Waals surface area contributed by atoms with Crippen LogP contribution in [0.3, 0.4) is 0 Å². The van der Waals surface area contributed by atoms with Crippen LogP contribution in [-0.4, -0.2) is 24.5 Å². The van der Waals surface area contributed by atoms with Gasteiger partial charge in [-0.15, -0.1) is 12.3 Å². The monoisotopic (exact) mass is 222 g/mol. The summed E-state index contributed by atoms with van der Waals surface area (Å²) in [6, 6.07) is 0.244. The van der Waals surface area contributed by atoms with Gasteiger partial charge in [-0.25, -0.2) is 0 Å². The zero-order chi connectivity index (χ0) is 11.8. The van der Waals surface area contributed by atoms with E-state index in [-0.39, 0.29) is 11.9 Å². The third-order valence-electron chi connectivity index (χ3n) is 3.06. The topological polar surface area (TPSA) is 41.1 Å². The second-order valence-electron chi connectivity index (χ2n) is 4.47. The molecule has 0 aromatic rings. The molecule has 0 aromatic carbocycles. The molecule has 0 aliphatic heterocycles. The molecule has 0 spiro atoms. The number of carbonyl (C=O) groups excluding carboxylic acids is 1. The van der Waals surface area contributed by atoms with Crippen LogP contribution in [0.25, 0.3) is 0 Å². The van der Waals surface area contributed by atoms with E-state index in [0.29, 0.717) is 19.0 Å². The van der Waals surface area contributed by atoms with Crippen LogP contribution in [0.2, 0.25) is 0 Å². The van der Waals surface area contributed by atoms with Gasteiger partial charge in [-0.3, -0.25) is 4.79 Å².